The van der Waals surface area contributed by atoms with Crippen molar-refractivity contribution in [2.45, 2.75) is 19.5 Å². The van der Waals surface area contributed by atoms with E-state index in [1.807, 2.05) is 9.44 Å². The molecule has 2 N–H and O–H groups in total. The average molecular weight is 484 g/mol. The predicted molar refractivity (Wildman–Crippen MR) is 114 cm³/mol. The van der Waals surface area contributed by atoms with Crippen molar-refractivity contribution in [3.63, 3.8) is 0 Å². The number of benzene rings is 2. The highest BCUT2D eigenvalue weighted by Gasteiger charge is 2.35. The molecule has 0 aliphatic carbocycles. The lowest BCUT2D eigenvalue weighted by Crippen LogP contribution is -2.40. The molecule has 0 spiro atoms. The summed E-state index contributed by atoms with van der Waals surface area (Å²) >= 11 is 0. The second-order valence-electron chi connectivity index (χ2n) is 7.32. The van der Waals surface area contributed by atoms with E-state index in [2.05, 4.69) is 0 Å². The van der Waals surface area contributed by atoms with Crippen LogP contribution in [0.4, 0.5) is 24.1 Å². The molecule has 33 heavy (non-hydrogen) atoms. The van der Waals surface area contributed by atoms with Crippen molar-refractivity contribution >= 4 is 28.1 Å². The third-order valence-corrected chi connectivity index (χ3v) is 5.95. The molecule has 0 aromatic heterocycles. The fraction of sp³-hybridized carbons (Fsp3) is 0.300. The van der Waals surface area contributed by atoms with Crippen LogP contribution in [0.3, 0.4) is 0 Å². The summed E-state index contributed by atoms with van der Waals surface area (Å²) in [6, 6.07) is 5.97. The molecule has 1 atom stereocenters. The van der Waals surface area contributed by atoms with Gasteiger partial charge in [0.25, 0.3) is 10.2 Å². The number of amides is 2. The number of anilines is 1. The van der Waals surface area contributed by atoms with Gasteiger partial charge < -0.3 is 14.4 Å². The van der Waals surface area contributed by atoms with Crippen LogP contribution in [-0.2, 0) is 16.8 Å². The maximum absolute atomic E-state index is 14.9. The van der Waals surface area contributed by atoms with E-state index in [1.54, 1.807) is 6.92 Å². The Labute approximate surface area is 189 Å². The van der Waals surface area contributed by atoms with Crippen molar-refractivity contribution in [1.29, 1.82) is 0 Å². The summed E-state index contributed by atoms with van der Waals surface area (Å²) in [5.41, 5.74) is -0.0153. The molecule has 0 saturated carbocycles. The van der Waals surface area contributed by atoms with Gasteiger partial charge in [-0.3, -0.25) is 9.62 Å². The summed E-state index contributed by atoms with van der Waals surface area (Å²) in [5.74, 6) is -2.68. The molecule has 2 aromatic carbocycles. The van der Waals surface area contributed by atoms with Gasteiger partial charge in [-0.15, -0.1) is 0 Å². The molecule has 3 rings (SSSR count). The zero-order chi connectivity index (χ0) is 24.5. The predicted octanol–water partition coefficient (Wildman–Crippen LogP) is 2.98. The summed E-state index contributed by atoms with van der Waals surface area (Å²) in [4.78, 5) is 26.6. The van der Waals surface area contributed by atoms with Crippen molar-refractivity contribution in [3.05, 3.63) is 53.1 Å². The zero-order valence-electron chi connectivity index (χ0n) is 18.2. The van der Waals surface area contributed by atoms with Gasteiger partial charge in [0.15, 0.2) is 17.3 Å². The third kappa shape index (κ3) is 4.98. The highest BCUT2D eigenvalue weighted by Crippen LogP contribution is 2.41. The molecular formula is C20H22F2N4O6S. The largest absolute Gasteiger partial charge is 0.416 e. The lowest BCUT2D eigenvalue weighted by Gasteiger charge is -2.34. The number of carbonyl (C=O) groups is 2. The van der Waals surface area contributed by atoms with Crippen LogP contribution in [0.5, 0.6) is 11.5 Å². The summed E-state index contributed by atoms with van der Waals surface area (Å²) in [6.07, 6.45) is -1.76. The summed E-state index contributed by atoms with van der Waals surface area (Å²) in [7, 11) is 0.0645. The number of hydrogen-bond acceptors (Lipinski definition) is 6. The van der Waals surface area contributed by atoms with Gasteiger partial charge in [-0.25, -0.2) is 18.7 Å². The fourth-order valence-corrected chi connectivity index (χ4v) is 3.63. The van der Waals surface area contributed by atoms with Gasteiger partial charge in [-0.05, 0) is 25.1 Å². The van der Waals surface area contributed by atoms with E-state index < -0.39 is 45.8 Å². The van der Waals surface area contributed by atoms with Crippen molar-refractivity contribution < 1.29 is 36.3 Å². The molecule has 0 unspecified atom stereocenters. The van der Waals surface area contributed by atoms with Crippen molar-refractivity contribution in [1.82, 2.24) is 14.5 Å². The van der Waals surface area contributed by atoms with E-state index in [0.29, 0.717) is 0 Å². The van der Waals surface area contributed by atoms with E-state index in [9.17, 15) is 26.8 Å². The Hall–Kier alpha value is -3.45. The van der Waals surface area contributed by atoms with E-state index >= 15 is 0 Å². The quantitative estimate of drug-likeness (QED) is 0.651. The van der Waals surface area contributed by atoms with Gasteiger partial charge >= 0.3 is 12.2 Å². The smallest absolute Gasteiger partial charge is 0.407 e. The van der Waals surface area contributed by atoms with Crippen LogP contribution in [-0.4, -0.2) is 51.5 Å². The van der Waals surface area contributed by atoms with Crippen LogP contribution in [0.2, 0.25) is 0 Å². The Balaban J connectivity index is 1.88. The van der Waals surface area contributed by atoms with E-state index in [4.69, 9.17) is 9.47 Å². The number of fused-ring (bicyclic) bond motifs is 1. The average Bonchev–Trinajstić information content (AvgIpc) is 2.75. The number of hydrogen-bond donors (Lipinski definition) is 2. The molecule has 178 valence electrons. The minimum Gasteiger partial charge on any atom is -0.407 e. The van der Waals surface area contributed by atoms with Crippen LogP contribution in [0.25, 0.3) is 0 Å². The summed E-state index contributed by atoms with van der Waals surface area (Å²) in [5, 5.41) is 0. The Kier molecular flexibility index (Phi) is 6.74. The normalized spacial score (nSPS) is 15.5. The molecule has 0 radical (unpaired) electrons. The zero-order valence-corrected chi connectivity index (χ0v) is 19.0. The van der Waals surface area contributed by atoms with Gasteiger partial charge in [-0.2, -0.15) is 12.8 Å². The number of carbonyl (C=O) groups excluding carboxylic acids is 2. The van der Waals surface area contributed by atoms with Crippen molar-refractivity contribution in [2.24, 2.45) is 0 Å². The van der Waals surface area contributed by atoms with E-state index in [0.717, 1.165) is 9.80 Å². The van der Waals surface area contributed by atoms with E-state index in [1.165, 1.54) is 51.5 Å². The molecule has 1 aliphatic rings. The molecule has 1 heterocycles. The molecule has 0 saturated heterocycles. The lowest BCUT2D eigenvalue weighted by atomic mass is 10.0. The summed E-state index contributed by atoms with van der Waals surface area (Å²) in [6.45, 7) is 1.31. The Morgan fingerprint density at radius 2 is 1.91 bits per heavy atom. The summed E-state index contributed by atoms with van der Waals surface area (Å²) < 4.78 is 67.3. The fourth-order valence-electron chi connectivity index (χ4n) is 3.08. The van der Waals surface area contributed by atoms with Crippen LogP contribution >= 0.6 is 0 Å². The maximum atomic E-state index is 14.9. The number of rotatable bonds is 6. The monoisotopic (exact) mass is 484 g/mol. The molecule has 0 bridgehead atoms. The van der Waals surface area contributed by atoms with Gasteiger partial charge in [0.1, 0.15) is 0 Å². The lowest BCUT2D eigenvalue weighted by molar-refractivity contribution is 0.113. The first kappa shape index (κ1) is 24.2. The minimum atomic E-state index is -3.96. The Morgan fingerprint density at radius 3 is 2.55 bits per heavy atom. The topological polar surface area (TPSA) is 117 Å². The molecular weight excluding hydrogens is 462 g/mol. The Bertz CT molecular complexity index is 1210. The van der Waals surface area contributed by atoms with Crippen LogP contribution in [0, 0.1) is 11.6 Å². The number of nitrogens with zero attached hydrogens (tertiary/aromatic N) is 2. The third-order valence-electron chi connectivity index (χ3n) is 4.93. The maximum Gasteiger partial charge on any atom is 0.416 e. The van der Waals surface area contributed by atoms with Gasteiger partial charge in [0.2, 0.25) is 5.82 Å². The molecule has 0 fully saturated rings. The van der Waals surface area contributed by atoms with Crippen molar-refractivity contribution in [3.8, 4) is 11.5 Å². The SMILES string of the molecule is CNS(=O)(=O)Nc1cccc(CN2C(=O)Oc3c(ccc(OC(=O)N(C)C)c3F)[C@H]2C)c1F. The number of nitrogens with one attached hydrogen (secondary N) is 2. The highest BCUT2D eigenvalue weighted by atomic mass is 32.2. The van der Waals surface area contributed by atoms with Crippen LogP contribution in [0.15, 0.2) is 30.3 Å². The van der Waals surface area contributed by atoms with Gasteiger partial charge in [0.05, 0.1) is 18.3 Å². The first-order valence-electron chi connectivity index (χ1n) is 9.63. The number of halogens is 2. The molecule has 13 heteroatoms. The second-order valence-corrected chi connectivity index (χ2v) is 8.94. The standard InChI is InChI=1S/C20H22F2N4O6S/c1-11-13-8-9-15(31-19(27)25(3)4)17(22)18(13)32-20(28)26(11)10-12-6-5-7-14(16(12)21)24-33(29,30)23-2/h5-9,11,23-24H,10H2,1-4H3/t11-/m1/s1. The van der Waals surface area contributed by atoms with Gasteiger partial charge in [-0.1, -0.05) is 12.1 Å². The number of ether oxygens (including phenoxy) is 2. The second kappa shape index (κ2) is 9.19. The Morgan fingerprint density at radius 1 is 1.21 bits per heavy atom. The molecule has 2 amide bonds. The van der Waals surface area contributed by atoms with Crippen LogP contribution in [0.1, 0.15) is 24.1 Å². The molecule has 2 aromatic rings. The molecule has 1 aliphatic heterocycles. The van der Waals surface area contributed by atoms with Crippen molar-refractivity contribution in [2.75, 3.05) is 25.9 Å². The first-order valence-corrected chi connectivity index (χ1v) is 11.1. The molecule has 10 nitrogen and oxygen atoms in total. The van der Waals surface area contributed by atoms with Crippen LogP contribution < -0.4 is 18.9 Å². The van der Waals surface area contributed by atoms with E-state index in [-0.39, 0.29) is 29.1 Å². The first-order chi connectivity index (χ1) is 15.4. The van der Waals surface area contributed by atoms with Gasteiger partial charge in [0, 0.05) is 32.3 Å². The highest BCUT2D eigenvalue weighted by molar-refractivity contribution is 7.90. The minimum absolute atomic E-state index is 0.00978.